The minimum atomic E-state index is 0.624. The molecule has 0 aliphatic rings. The maximum atomic E-state index is 5.27. The molecule has 0 rings (SSSR count). The van der Waals surface area contributed by atoms with Gasteiger partial charge in [0.05, 0.1) is 0 Å². The van der Waals surface area contributed by atoms with Gasteiger partial charge in [-0.25, -0.2) is 0 Å². The SMILES string of the molecule is CCC(C)NCCN. The van der Waals surface area contributed by atoms with Crippen LogP contribution in [-0.4, -0.2) is 19.1 Å². The molecule has 0 saturated heterocycles. The third kappa shape index (κ3) is 4.09. The Bertz CT molecular complexity index is 45.8. The summed E-state index contributed by atoms with van der Waals surface area (Å²) in [5.41, 5.74) is 5.27. The average Bonchev–Trinajstić information content (AvgIpc) is 1.83. The molecule has 0 aromatic heterocycles. The van der Waals surface area contributed by atoms with E-state index in [9.17, 15) is 0 Å². The van der Waals surface area contributed by atoms with E-state index < -0.39 is 0 Å². The Kier molecular flexibility index (Phi) is 5.01. The zero-order valence-corrected chi connectivity index (χ0v) is 5.78. The molecule has 0 bridgehead atoms. The zero-order chi connectivity index (χ0) is 6.41. The van der Waals surface area contributed by atoms with E-state index in [1.165, 1.54) is 6.42 Å². The first-order valence-electron chi connectivity index (χ1n) is 3.24. The number of rotatable bonds is 4. The van der Waals surface area contributed by atoms with Gasteiger partial charge < -0.3 is 11.1 Å². The molecule has 1 atom stereocenters. The highest BCUT2D eigenvalue weighted by atomic mass is 14.9. The van der Waals surface area contributed by atoms with E-state index in [2.05, 4.69) is 19.2 Å². The highest BCUT2D eigenvalue weighted by molar-refractivity contribution is 4.56. The minimum Gasteiger partial charge on any atom is -0.329 e. The highest BCUT2D eigenvalue weighted by Gasteiger charge is 1.92. The van der Waals surface area contributed by atoms with Crippen molar-refractivity contribution in [1.82, 2.24) is 5.32 Å². The zero-order valence-electron chi connectivity index (χ0n) is 5.78. The Balaban J connectivity index is 2.86. The van der Waals surface area contributed by atoms with Gasteiger partial charge in [0.25, 0.3) is 0 Å². The second-order valence-electron chi connectivity index (χ2n) is 2.05. The minimum absolute atomic E-state index is 0.624. The lowest BCUT2D eigenvalue weighted by Gasteiger charge is -2.08. The molecule has 0 spiro atoms. The quantitative estimate of drug-likeness (QED) is 0.555. The largest absolute Gasteiger partial charge is 0.329 e. The fourth-order valence-electron chi connectivity index (χ4n) is 0.474. The van der Waals surface area contributed by atoms with E-state index in [-0.39, 0.29) is 0 Å². The molecule has 2 nitrogen and oxygen atoms in total. The molecule has 50 valence electrons. The van der Waals surface area contributed by atoms with Gasteiger partial charge in [0.2, 0.25) is 0 Å². The number of hydrogen-bond acceptors (Lipinski definition) is 2. The van der Waals surface area contributed by atoms with Crippen LogP contribution in [0.25, 0.3) is 0 Å². The summed E-state index contributed by atoms with van der Waals surface area (Å²) in [4.78, 5) is 0. The van der Waals surface area contributed by atoms with Gasteiger partial charge in [0, 0.05) is 19.1 Å². The summed E-state index contributed by atoms with van der Waals surface area (Å²) in [5, 5.41) is 3.26. The fraction of sp³-hybridized carbons (Fsp3) is 1.00. The lowest BCUT2D eigenvalue weighted by atomic mass is 10.3. The van der Waals surface area contributed by atoms with Gasteiger partial charge in [0.15, 0.2) is 0 Å². The maximum Gasteiger partial charge on any atom is 0.00769 e. The molecule has 0 heterocycles. The van der Waals surface area contributed by atoms with Gasteiger partial charge in [-0.3, -0.25) is 0 Å². The molecule has 3 N–H and O–H groups in total. The number of hydrogen-bond donors (Lipinski definition) is 2. The van der Waals surface area contributed by atoms with Crippen LogP contribution in [0.1, 0.15) is 20.3 Å². The van der Waals surface area contributed by atoms with Crippen molar-refractivity contribution in [3.63, 3.8) is 0 Å². The summed E-state index contributed by atoms with van der Waals surface area (Å²) in [7, 11) is 0. The summed E-state index contributed by atoms with van der Waals surface area (Å²) in [6.07, 6.45) is 1.18. The van der Waals surface area contributed by atoms with Crippen molar-refractivity contribution in [2.75, 3.05) is 13.1 Å². The smallest absolute Gasteiger partial charge is 0.00769 e. The normalized spacial score (nSPS) is 13.9. The van der Waals surface area contributed by atoms with Crippen molar-refractivity contribution in [3.05, 3.63) is 0 Å². The molecule has 0 fully saturated rings. The first kappa shape index (κ1) is 7.92. The molecule has 0 aromatic rings. The Hall–Kier alpha value is -0.0800. The van der Waals surface area contributed by atoms with E-state index in [0.717, 1.165) is 13.1 Å². The van der Waals surface area contributed by atoms with Crippen LogP contribution in [-0.2, 0) is 0 Å². The van der Waals surface area contributed by atoms with E-state index in [1.54, 1.807) is 0 Å². The van der Waals surface area contributed by atoms with Crippen LogP contribution in [0.15, 0.2) is 0 Å². The van der Waals surface area contributed by atoms with Gasteiger partial charge in [-0.15, -0.1) is 0 Å². The number of nitrogens with one attached hydrogen (secondary N) is 1. The van der Waals surface area contributed by atoms with E-state index in [4.69, 9.17) is 5.73 Å². The van der Waals surface area contributed by atoms with E-state index >= 15 is 0 Å². The lowest BCUT2D eigenvalue weighted by Crippen LogP contribution is -2.30. The topological polar surface area (TPSA) is 38.0 Å². The van der Waals surface area contributed by atoms with Crippen molar-refractivity contribution < 1.29 is 0 Å². The first-order valence-corrected chi connectivity index (χ1v) is 3.24. The van der Waals surface area contributed by atoms with Gasteiger partial charge in [-0.1, -0.05) is 6.92 Å². The Labute approximate surface area is 51.5 Å². The molecular weight excluding hydrogens is 100 g/mol. The van der Waals surface area contributed by atoms with Gasteiger partial charge in [-0.2, -0.15) is 0 Å². The molecule has 0 saturated carbocycles. The summed E-state index contributed by atoms with van der Waals surface area (Å²) < 4.78 is 0. The van der Waals surface area contributed by atoms with Crippen LogP contribution in [0.5, 0.6) is 0 Å². The third-order valence-electron chi connectivity index (χ3n) is 1.25. The molecular formula is C6H16N2. The summed E-state index contributed by atoms with van der Waals surface area (Å²) >= 11 is 0. The van der Waals surface area contributed by atoms with Gasteiger partial charge in [0.1, 0.15) is 0 Å². The van der Waals surface area contributed by atoms with Crippen LogP contribution in [0.4, 0.5) is 0 Å². The molecule has 0 amide bonds. The van der Waals surface area contributed by atoms with Crippen molar-refractivity contribution in [1.29, 1.82) is 0 Å². The highest BCUT2D eigenvalue weighted by Crippen LogP contribution is 1.84. The molecule has 0 radical (unpaired) electrons. The Morgan fingerprint density at radius 3 is 2.62 bits per heavy atom. The van der Waals surface area contributed by atoms with Crippen LogP contribution in [0.3, 0.4) is 0 Å². The van der Waals surface area contributed by atoms with Crippen molar-refractivity contribution in [3.8, 4) is 0 Å². The van der Waals surface area contributed by atoms with E-state index in [1.807, 2.05) is 0 Å². The van der Waals surface area contributed by atoms with E-state index in [0.29, 0.717) is 6.04 Å². The van der Waals surface area contributed by atoms with Crippen LogP contribution >= 0.6 is 0 Å². The maximum absolute atomic E-state index is 5.27. The second-order valence-corrected chi connectivity index (χ2v) is 2.05. The monoisotopic (exact) mass is 116 g/mol. The first-order chi connectivity index (χ1) is 3.81. The molecule has 0 aliphatic heterocycles. The van der Waals surface area contributed by atoms with Crippen LogP contribution < -0.4 is 11.1 Å². The average molecular weight is 116 g/mol. The van der Waals surface area contributed by atoms with Crippen molar-refractivity contribution in [2.24, 2.45) is 5.73 Å². The summed E-state index contributed by atoms with van der Waals surface area (Å²) in [6.45, 7) is 6.00. The summed E-state index contributed by atoms with van der Waals surface area (Å²) in [5.74, 6) is 0. The van der Waals surface area contributed by atoms with Crippen LogP contribution in [0, 0.1) is 0 Å². The standard InChI is InChI=1S/C6H16N2/c1-3-6(2)8-5-4-7/h6,8H,3-5,7H2,1-2H3. The Morgan fingerprint density at radius 1 is 1.62 bits per heavy atom. The van der Waals surface area contributed by atoms with Gasteiger partial charge >= 0.3 is 0 Å². The molecule has 0 aromatic carbocycles. The predicted molar refractivity (Wildman–Crippen MR) is 36.8 cm³/mol. The van der Waals surface area contributed by atoms with Crippen LogP contribution in [0.2, 0.25) is 0 Å². The second kappa shape index (κ2) is 5.06. The van der Waals surface area contributed by atoms with Gasteiger partial charge in [-0.05, 0) is 13.3 Å². The summed E-state index contributed by atoms with van der Waals surface area (Å²) in [6, 6.07) is 0.624. The lowest BCUT2D eigenvalue weighted by molar-refractivity contribution is 0.542. The molecule has 8 heavy (non-hydrogen) atoms. The third-order valence-corrected chi connectivity index (χ3v) is 1.25. The Morgan fingerprint density at radius 2 is 2.25 bits per heavy atom. The molecule has 1 unspecified atom stereocenters. The van der Waals surface area contributed by atoms with Crippen molar-refractivity contribution >= 4 is 0 Å². The molecule has 0 aliphatic carbocycles. The fourth-order valence-corrected chi connectivity index (χ4v) is 0.474. The van der Waals surface area contributed by atoms with Crippen molar-refractivity contribution in [2.45, 2.75) is 26.3 Å². The molecule has 2 heteroatoms. The number of nitrogens with two attached hydrogens (primary N) is 1. The predicted octanol–water partition coefficient (Wildman–Crippen LogP) is 0.333.